The molecule has 0 saturated carbocycles. The number of benzene rings is 2. The maximum absolute atomic E-state index is 13.1. The molecule has 0 aliphatic carbocycles. The second kappa shape index (κ2) is 10.3. The molecule has 1 atom stereocenters. The van der Waals surface area contributed by atoms with E-state index >= 15 is 0 Å². The Bertz CT molecular complexity index is 772. The van der Waals surface area contributed by atoms with Crippen LogP contribution < -0.4 is 0 Å². The third-order valence-electron chi connectivity index (χ3n) is 4.21. The maximum Gasteiger partial charge on any atom is 0.310 e. The molecule has 142 valence electrons. The third-order valence-corrected chi connectivity index (χ3v) is 4.21. The van der Waals surface area contributed by atoms with E-state index in [9.17, 15) is 14.0 Å². The number of carbonyl (C=O) groups excluding carboxylic acids is 2. The number of rotatable bonds is 8. The van der Waals surface area contributed by atoms with Gasteiger partial charge in [0.1, 0.15) is 5.82 Å². The lowest BCUT2D eigenvalue weighted by Crippen LogP contribution is -2.37. The fourth-order valence-electron chi connectivity index (χ4n) is 2.65. The number of hydrogen-bond acceptors (Lipinski definition) is 3. The Morgan fingerprint density at radius 3 is 2.41 bits per heavy atom. The van der Waals surface area contributed by atoms with Gasteiger partial charge in [0, 0.05) is 19.2 Å². The number of nitrogens with zero attached hydrogens (tertiary/aromatic N) is 1. The van der Waals surface area contributed by atoms with E-state index in [1.165, 1.54) is 25.3 Å². The van der Waals surface area contributed by atoms with Gasteiger partial charge >= 0.3 is 5.97 Å². The predicted octanol–water partition coefficient (Wildman–Crippen LogP) is 3.72. The van der Waals surface area contributed by atoms with E-state index in [-0.39, 0.29) is 24.2 Å². The molecule has 27 heavy (non-hydrogen) atoms. The van der Waals surface area contributed by atoms with E-state index in [0.29, 0.717) is 13.0 Å². The Hall–Kier alpha value is -2.95. The van der Waals surface area contributed by atoms with Crippen LogP contribution in [0.5, 0.6) is 0 Å². The molecule has 5 heteroatoms. The van der Waals surface area contributed by atoms with E-state index in [2.05, 4.69) is 0 Å². The number of ether oxygens (including phenoxy) is 1. The Kier molecular flexibility index (Phi) is 7.74. The van der Waals surface area contributed by atoms with Gasteiger partial charge in [0.2, 0.25) is 5.91 Å². The van der Waals surface area contributed by atoms with Crippen LogP contribution in [0.15, 0.2) is 60.7 Å². The average Bonchev–Trinajstić information content (AvgIpc) is 2.70. The van der Waals surface area contributed by atoms with E-state index < -0.39 is 5.92 Å². The van der Waals surface area contributed by atoms with Crippen LogP contribution in [0.3, 0.4) is 0 Å². The molecule has 0 aliphatic heterocycles. The summed E-state index contributed by atoms with van der Waals surface area (Å²) in [5.74, 6) is -1.27. The monoisotopic (exact) mass is 369 g/mol. The number of hydrogen-bond donors (Lipinski definition) is 0. The van der Waals surface area contributed by atoms with E-state index in [4.69, 9.17) is 4.74 Å². The topological polar surface area (TPSA) is 46.6 Å². The molecule has 1 unspecified atom stereocenters. The van der Waals surface area contributed by atoms with Crippen molar-refractivity contribution < 1.29 is 18.7 Å². The summed E-state index contributed by atoms with van der Waals surface area (Å²) in [4.78, 5) is 26.0. The van der Waals surface area contributed by atoms with Gasteiger partial charge in [-0.05, 0) is 35.8 Å². The molecular weight excluding hydrogens is 345 g/mol. The zero-order valence-electron chi connectivity index (χ0n) is 15.6. The minimum absolute atomic E-state index is 0.184. The fraction of sp³-hybridized carbons (Fsp3) is 0.273. The zero-order chi connectivity index (χ0) is 19.6. The number of methoxy groups -OCH3 is 1. The summed E-state index contributed by atoms with van der Waals surface area (Å²) in [6.07, 6.45) is 3.82. The number of esters is 1. The highest BCUT2D eigenvalue weighted by Crippen LogP contribution is 2.09. The van der Waals surface area contributed by atoms with Crippen LogP contribution in [0.1, 0.15) is 18.1 Å². The third kappa shape index (κ3) is 6.70. The van der Waals surface area contributed by atoms with Crippen LogP contribution in [-0.4, -0.2) is 37.0 Å². The van der Waals surface area contributed by atoms with Crippen LogP contribution in [0.2, 0.25) is 0 Å². The van der Waals surface area contributed by atoms with Gasteiger partial charge in [-0.25, -0.2) is 4.39 Å². The summed E-state index contributed by atoms with van der Waals surface area (Å²) in [6.45, 7) is 2.40. The molecule has 0 fully saturated rings. The van der Waals surface area contributed by atoms with Crippen LogP contribution in [-0.2, 0) is 20.7 Å². The highest BCUT2D eigenvalue weighted by molar-refractivity contribution is 5.92. The van der Waals surface area contributed by atoms with Gasteiger partial charge in [0.15, 0.2) is 0 Å². The van der Waals surface area contributed by atoms with Crippen molar-refractivity contribution in [2.75, 3.05) is 20.2 Å². The Morgan fingerprint density at radius 2 is 1.78 bits per heavy atom. The average molecular weight is 369 g/mol. The quantitative estimate of drug-likeness (QED) is 0.526. The SMILES string of the molecule is COC(=O)C(C)CN(CCc1ccc(F)cc1)C(=O)/C=C/c1ccccc1. The fourth-order valence-corrected chi connectivity index (χ4v) is 2.65. The van der Waals surface area contributed by atoms with E-state index in [1.54, 1.807) is 30.0 Å². The normalized spacial score (nSPS) is 12.0. The molecule has 0 bridgehead atoms. The first-order chi connectivity index (χ1) is 13.0. The molecule has 2 aromatic carbocycles. The highest BCUT2D eigenvalue weighted by Gasteiger charge is 2.20. The lowest BCUT2D eigenvalue weighted by atomic mass is 10.1. The van der Waals surface area contributed by atoms with Crippen molar-refractivity contribution in [1.82, 2.24) is 4.90 Å². The summed E-state index contributed by atoms with van der Waals surface area (Å²) < 4.78 is 17.8. The number of amides is 1. The maximum atomic E-state index is 13.1. The summed E-state index contributed by atoms with van der Waals surface area (Å²) >= 11 is 0. The summed E-state index contributed by atoms with van der Waals surface area (Å²) in [7, 11) is 1.33. The van der Waals surface area contributed by atoms with Gasteiger partial charge in [-0.15, -0.1) is 0 Å². The first-order valence-electron chi connectivity index (χ1n) is 8.84. The van der Waals surface area contributed by atoms with Gasteiger partial charge in [-0.2, -0.15) is 0 Å². The minimum Gasteiger partial charge on any atom is -0.469 e. The molecule has 0 saturated heterocycles. The molecule has 0 aromatic heterocycles. The molecule has 0 heterocycles. The van der Waals surface area contributed by atoms with E-state index in [1.807, 2.05) is 30.3 Å². The van der Waals surface area contributed by atoms with Crippen LogP contribution in [0.25, 0.3) is 6.08 Å². The second-order valence-corrected chi connectivity index (χ2v) is 6.33. The van der Waals surface area contributed by atoms with Gasteiger partial charge in [-0.3, -0.25) is 9.59 Å². The van der Waals surface area contributed by atoms with Gasteiger partial charge in [0.25, 0.3) is 0 Å². The summed E-state index contributed by atoms with van der Waals surface area (Å²) in [5.41, 5.74) is 1.84. The Balaban J connectivity index is 2.07. The Labute approximate surface area is 159 Å². The molecule has 0 N–H and O–H groups in total. The van der Waals surface area contributed by atoms with Gasteiger partial charge in [-0.1, -0.05) is 49.4 Å². The molecule has 0 spiro atoms. The summed E-state index contributed by atoms with van der Waals surface area (Å²) in [5, 5.41) is 0. The molecule has 1 amide bonds. The zero-order valence-corrected chi connectivity index (χ0v) is 15.6. The standard InChI is InChI=1S/C22H24FNO3/c1-17(22(26)27-2)16-24(15-14-19-8-11-20(23)12-9-19)21(25)13-10-18-6-4-3-5-7-18/h3-13,17H,14-16H2,1-2H3/b13-10+. The molecule has 0 radical (unpaired) electrons. The lowest BCUT2D eigenvalue weighted by Gasteiger charge is -2.24. The van der Waals surface area contributed by atoms with Crippen molar-refractivity contribution in [2.45, 2.75) is 13.3 Å². The van der Waals surface area contributed by atoms with Crippen LogP contribution in [0, 0.1) is 11.7 Å². The van der Waals surface area contributed by atoms with Crippen molar-refractivity contribution in [3.8, 4) is 0 Å². The highest BCUT2D eigenvalue weighted by atomic mass is 19.1. The molecule has 0 aliphatic rings. The van der Waals surface area contributed by atoms with E-state index in [0.717, 1.165) is 11.1 Å². The first kappa shape index (κ1) is 20.4. The molecular formula is C22H24FNO3. The number of carbonyl (C=O) groups is 2. The largest absolute Gasteiger partial charge is 0.469 e. The van der Waals surface area contributed by atoms with Crippen molar-refractivity contribution >= 4 is 18.0 Å². The van der Waals surface area contributed by atoms with Crippen LogP contribution >= 0.6 is 0 Å². The van der Waals surface area contributed by atoms with Crippen molar-refractivity contribution in [2.24, 2.45) is 5.92 Å². The molecule has 2 aromatic rings. The smallest absolute Gasteiger partial charge is 0.310 e. The van der Waals surface area contributed by atoms with Gasteiger partial charge < -0.3 is 9.64 Å². The number of halogens is 1. The summed E-state index contributed by atoms with van der Waals surface area (Å²) in [6, 6.07) is 15.7. The van der Waals surface area contributed by atoms with Crippen molar-refractivity contribution in [3.63, 3.8) is 0 Å². The first-order valence-corrected chi connectivity index (χ1v) is 8.84. The van der Waals surface area contributed by atoms with Gasteiger partial charge in [0.05, 0.1) is 13.0 Å². The predicted molar refractivity (Wildman–Crippen MR) is 103 cm³/mol. The van der Waals surface area contributed by atoms with Crippen molar-refractivity contribution in [1.29, 1.82) is 0 Å². The molecule has 2 rings (SSSR count). The second-order valence-electron chi connectivity index (χ2n) is 6.33. The molecule has 4 nitrogen and oxygen atoms in total. The Morgan fingerprint density at radius 1 is 1.11 bits per heavy atom. The minimum atomic E-state index is -0.433. The van der Waals surface area contributed by atoms with Crippen LogP contribution in [0.4, 0.5) is 4.39 Å². The van der Waals surface area contributed by atoms with Crippen molar-refractivity contribution in [3.05, 3.63) is 77.6 Å². The lowest BCUT2D eigenvalue weighted by molar-refractivity contribution is -0.146.